The van der Waals surface area contributed by atoms with Crippen LogP contribution in [0.1, 0.15) is 33.1 Å². The lowest BCUT2D eigenvalue weighted by Crippen LogP contribution is -2.53. The Balaban J connectivity index is 2.06. The second kappa shape index (κ2) is 5.16. The SMILES string of the molecule is CC1CCC(C#N)C(N2CCOCC2C)C1. The fraction of sp³-hybridized carbons (Fsp3) is 0.923. The zero-order valence-electron chi connectivity index (χ0n) is 10.4. The Bertz CT molecular complexity index is 274. The molecular weight excluding hydrogens is 200 g/mol. The number of rotatable bonds is 1. The molecule has 0 radical (unpaired) electrons. The molecular formula is C13H22N2O. The first-order valence-corrected chi connectivity index (χ1v) is 6.45. The van der Waals surface area contributed by atoms with Gasteiger partial charge in [0.1, 0.15) is 0 Å². The molecule has 0 amide bonds. The van der Waals surface area contributed by atoms with Gasteiger partial charge in [0.2, 0.25) is 0 Å². The van der Waals surface area contributed by atoms with E-state index in [9.17, 15) is 5.26 Å². The number of morpholine rings is 1. The molecule has 0 aromatic heterocycles. The first kappa shape index (κ1) is 11.9. The van der Waals surface area contributed by atoms with Crippen LogP contribution in [0.25, 0.3) is 0 Å². The highest BCUT2D eigenvalue weighted by Gasteiger charge is 2.36. The zero-order chi connectivity index (χ0) is 11.5. The average molecular weight is 222 g/mol. The smallest absolute Gasteiger partial charge is 0.0672 e. The maximum absolute atomic E-state index is 9.26. The van der Waals surface area contributed by atoms with Crippen molar-refractivity contribution in [2.24, 2.45) is 11.8 Å². The maximum Gasteiger partial charge on any atom is 0.0672 e. The van der Waals surface area contributed by atoms with Crippen molar-refractivity contribution >= 4 is 0 Å². The third kappa shape index (κ3) is 2.39. The Morgan fingerprint density at radius 2 is 2.12 bits per heavy atom. The Labute approximate surface area is 98.4 Å². The van der Waals surface area contributed by atoms with Crippen LogP contribution in [0.3, 0.4) is 0 Å². The predicted octanol–water partition coefficient (Wildman–Crippen LogP) is 2.04. The number of nitriles is 1. The summed E-state index contributed by atoms with van der Waals surface area (Å²) in [5.74, 6) is 1.00. The Hall–Kier alpha value is -0.590. The molecule has 90 valence electrons. The molecule has 16 heavy (non-hydrogen) atoms. The molecule has 1 aliphatic heterocycles. The van der Waals surface area contributed by atoms with Crippen molar-refractivity contribution in [2.75, 3.05) is 19.8 Å². The summed E-state index contributed by atoms with van der Waals surface area (Å²) in [6, 6.07) is 3.45. The van der Waals surface area contributed by atoms with Crippen LogP contribution in [0.2, 0.25) is 0 Å². The Kier molecular flexibility index (Phi) is 3.83. The molecule has 0 N–H and O–H groups in total. The van der Waals surface area contributed by atoms with Gasteiger partial charge in [-0.15, -0.1) is 0 Å². The van der Waals surface area contributed by atoms with Crippen LogP contribution < -0.4 is 0 Å². The summed E-state index contributed by atoms with van der Waals surface area (Å²) >= 11 is 0. The maximum atomic E-state index is 9.26. The van der Waals surface area contributed by atoms with Gasteiger partial charge in [0.15, 0.2) is 0 Å². The highest BCUT2D eigenvalue weighted by atomic mass is 16.5. The highest BCUT2D eigenvalue weighted by Crippen LogP contribution is 2.33. The van der Waals surface area contributed by atoms with E-state index in [2.05, 4.69) is 24.8 Å². The molecule has 2 rings (SSSR count). The molecule has 1 saturated carbocycles. The van der Waals surface area contributed by atoms with Gasteiger partial charge in [0.05, 0.1) is 25.2 Å². The van der Waals surface area contributed by atoms with E-state index >= 15 is 0 Å². The third-order valence-electron chi connectivity index (χ3n) is 4.09. The normalized spacial score (nSPS) is 41.6. The summed E-state index contributed by atoms with van der Waals surface area (Å²) in [7, 11) is 0. The van der Waals surface area contributed by atoms with E-state index in [-0.39, 0.29) is 5.92 Å². The minimum atomic E-state index is 0.233. The highest BCUT2D eigenvalue weighted by molar-refractivity contribution is 4.98. The van der Waals surface area contributed by atoms with Crippen LogP contribution in [0.5, 0.6) is 0 Å². The molecule has 3 heteroatoms. The van der Waals surface area contributed by atoms with Gasteiger partial charge in [-0.25, -0.2) is 0 Å². The molecule has 0 spiro atoms. The second-order valence-corrected chi connectivity index (χ2v) is 5.38. The minimum Gasteiger partial charge on any atom is -0.379 e. The van der Waals surface area contributed by atoms with Crippen molar-refractivity contribution in [3.63, 3.8) is 0 Å². The van der Waals surface area contributed by atoms with Gasteiger partial charge in [-0.1, -0.05) is 6.92 Å². The molecule has 0 aromatic carbocycles. The summed E-state index contributed by atoms with van der Waals surface area (Å²) in [5, 5.41) is 9.26. The van der Waals surface area contributed by atoms with Crippen molar-refractivity contribution < 1.29 is 4.74 Å². The minimum absolute atomic E-state index is 0.233. The first-order valence-electron chi connectivity index (χ1n) is 6.45. The van der Waals surface area contributed by atoms with Crippen LogP contribution in [0.15, 0.2) is 0 Å². The van der Waals surface area contributed by atoms with Crippen molar-refractivity contribution in [3.05, 3.63) is 0 Å². The third-order valence-corrected chi connectivity index (χ3v) is 4.09. The molecule has 4 unspecified atom stereocenters. The van der Waals surface area contributed by atoms with E-state index in [1.54, 1.807) is 0 Å². The van der Waals surface area contributed by atoms with Gasteiger partial charge in [-0.3, -0.25) is 4.90 Å². The largest absolute Gasteiger partial charge is 0.379 e. The summed E-state index contributed by atoms with van der Waals surface area (Å²) in [4.78, 5) is 2.51. The lowest BCUT2D eigenvalue weighted by Gasteiger charge is -2.44. The van der Waals surface area contributed by atoms with Gasteiger partial charge in [-0.2, -0.15) is 5.26 Å². The number of hydrogen-bond donors (Lipinski definition) is 0. The van der Waals surface area contributed by atoms with Crippen LogP contribution in [0, 0.1) is 23.2 Å². The zero-order valence-corrected chi connectivity index (χ0v) is 10.4. The average Bonchev–Trinajstić information content (AvgIpc) is 2.29. The molecule has 1 saturated heterocycles. The van der Waals surface area contributed by atoms with E-state index in [0.717, 1.165) is 32.1 Å². The van der Waals surface area contributed by atoms with E-state index in [1.807, 2.05) is 0 Å². The lowest BCUT2D eigenvalue weighted by atomic mass is 9.78. The first-order chi connectivity index (χ1) is 7.72. The molecule has 2 fully saturated rings. The van der Waals surface area contributed by atoms with Crippen LogP contribution in [-0.2, 0) is 4.74 Å². The number of hydrogen-bond acceptors (Lipinski definition) is 3. The van der Waals surface area contributed by atoms with Crippen molar-refractivity contribution in [1.29, 1.82) is 5.26 Å². The number of nitrogens with zero attached hydrogens (tertiary/aromatic N) is 2. The van der Waals surface area contributed by atoms with Gasteiger partial charge >= 0.3 is 0 Å². The monoisotopic (exact) mass is 222 g/mol. The molecule has 2 aliphatic rings. The second-order valence-electron chi connectivity index (χ2n) is 5.38. The molecule has 4 atom stereocenters. The fourth-order valence-corrected chi connectivity index (χ4v) is 3.10. The van der Waals surface area contributed by atoms with Crippen molar-refractivity contribution in [2.45, 2.75) is 45.2 Å². The summed E-state index contributed by atoms with van der Waals surface area (Å²) < 4.78 is 5.47. The Morgan fingerprint density at radius 1 is 1.31 bits per heavy atom. The molecule has 0 aromatic rings. The summed E-state index contributed by atoms with van der Waals surface area (Å²) in [5.41, 5.74) is 0. The van der Waals surface area contributed by atoms with Gasteiger partial charge in [0, 0.05) is 18.6 Å². The topological polar surface area (TPSA) is 36.3 Å². The standard InChI is InChI=1S/C13H22N2O/c1-10-3-4-12(8-14)13(7-10)15-5-6-16-9-11(15)2/h10-13H,3-7,9H2,1-2H3. The van der Waals surface area contributed by atoms with E-state index in [1.165, 1.54) is 12.8 Å². The van der Waals surface area contributed by atoms with Gasteiger partial charge in [0.25, 0.3) is 0 Å². The van der Waals surface area contributed by atoms with Gasteiger partial charge in [-0.05, 0) is 32.1 Å². The van der Waals surface area contributed by atoms with Gasteiger partial charge < -0.3 is 4.74 Å². The molecule has 1 heterocycles. The summed E-state index contributed by atoms with van der Waals surface area (Å²) in [6.45, 7) is 7.17. The van der Waals surface area contributed by atoms with E-state index in [0.29, 0.717) is 12.1 Å². The lowest BCUT2D eigenvalue weighted by molar-refractivity contribution is -0.0415. The fourth-order valence-electron chi connectivity index (χ4n) is 3.10. The van der Waals surface area contributed by atoms with Crippen molar-refractivity contribution in [3.8, 4) is 6.07 Å². The van der Waals surface area contributed by atoms with Crippen LogP contribution >= 0.6 is 0 Å². The van der Waals surface area contributed by atoms with E-state index in [4.69, 9.17) is 4.74 Å². The summed E-state index contributed by atoms with van der Waals surface area (Å²) in [6.07, 6.45) is 3.47. The molecule has 3 nitrogen and oxygen atoms in total. The van der Waals surface area contributed by atoms with Crippen molar-refractivity contribution in [1.82, 2.24) is 4.90 Å². The number of ether oxygens (including phenoxy) is 1. The predicted molar refractivity (Wildman–Crippen MR) is 62.9 cm³/mol. The molecule has 0 bridgehead atoms. The Morgan fingerprint density at radius 3 is 2.81 bits per heavy atom. The quantitative estimate of drug-likeness (QED) is 0.681. The molecule has 1 aliphatic carbocycles. The van der Waals surface area contributed by atoms with Crippen LogP contribution in [0.4, 0.5) is 0 Å². The van der Waals surface area contributed by atoms with Crippen LogP contribution in [-0.4, -0.2) is 36.7 Å². The van der Waals surface area contributed by atoms with E-state index < -0.39 is 0 Å².